The van der Waals surface area contributed by atoms with E-state index in [0.29, 0.717) is 12.3 Å². The predicted octanol–water partition coefficient (Wildman–Crippen LogP) is 4.31. The van der Waals surface area contributed by atoms with Crippen molar-refractivity contribution in [2.45, 2.75) is 23.5 Å². The molecule has 0 radical (unpaired) electrons. The third-order valence-electron chi connectivity index (χ3n) is 5.06. The fourth-order valence-corrected chi connectivity index (χ4v) is 4.40. The van der Waals surface area contributed by atoms with E-state index in [4.69, 9.17) is 14.6 Å². The van der Waals surface area contributed by atoms with Crippen molar-refractivity contribution in [3.8, 4) is 16.9 Å². The molecule has 0 bridgehead atoms. The zero-order valence-corrected chi connectivity index (χ0v) is 18.5. The van der Waals surface area contributed by atoms with Gasteiger partial charge in [0.1, 0.15) is 5.69 Å². The van der Waals surface area contributed by atoms with Gasteiger partial charge in [0.05, 0.1) is 22.9 Å². The molecule has 6 nitrogen and oxygen atoms in total. The van der Waals surface area contributed by atoms with E-state index < -0.39 is 15.6 Å². The average Bonchev–Trinajstić information content (AvgIpc) is 3.36. The van der Waals surface area contributed by atoms with Crippen LogP contribution in [0.5, 0.6) is 0 Å². The van der Waals surface area contributed by atoms with E-state index in [0.717, 1.165) is 34.3 Å². The van der Waals surface area contributed by atoms with Crippen molar-refractivity contribution in [1.82, 2.24) is 9.78 Å². The fraction of sp³-hybridized carbons (Fsp3) is 0.286. The van der Waals surface area contributed by atoms with Gasteiger partial charge in [-0.1, -0.05) is 28.1 Å². The molecule has 0 aliphatic carbocycles. The molecule has 0 N–H and O–H groups in total. The molecule has 1 atom stereocenters. The van der Waals surface area contributed by atoms with Gasteiger partial charge in [0, 0.05) is 29.8 Å². The molecule has 1 fully saturated rings. The maximum Gasteiger partial charge on any atom is 0.213 e. The molecule has 3 aromatic rings. The highest BCUT2D eigenvalue weighted by atomic mass is 79.9. The Morgan fingerprint density at radius 3 is 2.38 bits per heavy atom. The largest absolute Gasteiger partial charge is 0.348 e. The summed E-state index contributed by atoms with van der Waals surface area (Å²) in [7, 11) is -1.63. The van der Waals surface area contributed by atoms with Crippen molar-refractivity contribution in [3.05, 3.63) is 64.8 Å². The smallest absolute Gasteiger partial charge is 0.213 e. The first-order chi connectivity index (χ1) is 13.8. The molecule has 29 heavy (non-hydrogen) atoms. The maximum absolute atomic E-state index is 11.8. The maximum atomic E-state index is 11.8. The number of hydrogen-bond acceptors (Lipinski definition) is 5. The van der Waals surface area contributed by atoms with Crippen molar-refractivity contribution in [3.63, 3.8) is 0 Å². The summed E-state index contributed by atoms with van der Waals surface area (Å²) in [6, 6.07) is 16.6. The fourth-order valence-electron chi connectivity index (χ4n) is 3.51. The van der Waals surface area contributed by atoms with Crippen LogP contribution in [0.15, 0.2) is 64.0 Å². The van der Waals surface area contributed by atoms with Gasteiger partial charge in [-0.05, 0) is 48.9 Å². The van der Waals surface area contributed by atoms with Crippen LogP contribution in [-0.4, -0.2) is 38.2 Å². The third-order valence-corrected chi connectivity index (χ3v) is 6.72. The van der Waals surface area contributed by atoms with E-state index in [1.165, 1.54) is 6.26 Å². The number of halogens is 1. The van der Waals surface area contributed by atoms with Crippen LogP contribution in [0.25, 0.3) is 16.9 Å². The Hall–Kier alpha value is -2.00. The minimum absolute atomic E-state index is 0.281. The average molecular weight is 477 g/mol. The number of rotatable bonds is 5. The van der Waals surface area contributed by atoms with Gasteiger partial charge in [-0.3, -0.25) is 0 Å². The molecular formula is C21H21BrN2O4S. The highest BCUT2D eigenvalue weighted by molar-refractivity contribution is 9.10. The van der Waals surface area contributed by atoms with Crippen LogP contribution in [0.4, 0.5) is 0 Å². The molecule has 152 valence electrons. The standard InChI is InChI=1S/C21H21BrN2O4S/c1-27-21(12-3-13-28-21)20-14-19(15-4-10-18(11-5-15)29(2,25)26)24(23-20)17-8-6-16(22)7-9-17/h4-11,14H,3,12-13H2,1-2H3. The quantitative estimate of drug-likeness (QED) is 0.548. The van der Waals surface area contributed by atoms with Gasteiger partial charge in [-0.25, -0.2) is 13.1 Å². The number of hydrogen-bond donors (Lipinski definition) is 0. The summed E-state index contributed by atoms with van der Waals surface area (Å²) in [6.45, 7) is 0.622. The van der Waals surface area contributed by atoms with Gasteiger partial charge < -0.3 is 9.47 Å². The zero-order valence-electron chi connectivity index (χ0n) is 16.1. The molecule has 2 heterocycles. The molecule has 1 saturated heterocycles. The first-order valence-electron chi connectivity index (χ1n) is 9.18. The van der Waals surface area contributed by atoms with Crippen LogP contribution in [-0.2, 0) is 25.1 Å². The molecule has 1 aromatic heterocycles. The molecule has 4 rings (SSSR count). The van der Waals surface area contributed by atoms with Crippen LogP contribution in [0, 0.1) is 0 Å². The zero-order chi connectivity index (χ0) is 20.6. The van der Waals surface area contributed by atoms with Gasteiger partial charge in [0.2, 0.25) is 5.79 Å². The lowest BCUT2D eigenvalue weighted by atomic mass is 10.1. The van der Waals surface area contributed by atoms with Gasteiger partial charge in [-0.15, -0.1) is 0 Å². The van der Waals surface area contributed by atoms with Crippen LogP contribution in [0.2, 0.25) is 0 Å². The second-order valence-electron chi connectivity index (χ2n) is 7.01. The predicted molar refractivity (Wildman–Crippen MR) is 114 cm³/mol. The Morgan fingerprint density at radius 1 is 1.14 bits per heavy atom. The topological polar surface area (TPSA) is 70.4 Å². The molecule has 0 spiro atoms. The molecule has 1 aliphatic rings. The summed E-state index contributed by atoms with van der Waals surface area (Å²) in [5, 5.41) is 4.82. The Morgan fingerprint density at radius 2 is 1.83 bits per heavy atom. The Balaban J connectivity index is 1.86. The number of benzene rings is 2. The van der Waals surface area contributed by atoms with E-state index in [9.17, 15) is 8.42 Å². The number of nitrogens with zero attached hydrogens (tertiary/aromatic N) is 2. The summed E-state index contributed by atoms with van der Waals surface area (Å²) in [5.74, 6) is -0.859. The van der Waals surface area contributed by atoms with Crippen molar-refractivity contribution >= 4 is 25.8 Å². The van der Waals surface area contributed by atoms with Gasteiger partial charge in [0.15, 0.2) is 9.84 Å². The van der Waals surface area contributed by atoms with E-state index in [1.807, 2.05) is 35.0 Å². The Bertz CT molecular complexity index is 1120. The minimum atomic E-state index is -3.26. The van der Waals surface area contributed by atoms with Crippen LogP contribution in [0.3, 0.4) is 0 Å². The number of aromatic nitrogens is 2. The summed E-state index contributed by atoms with van der Waals surface area (Å²) in [4.78, 5) is 0.281. The lowest BCUT2D eigenvalue weighted by molar-refractivity contribution is -0.204. The van der Waals surface area contributed by atoms with Gasteiger partial charge >= 0.3 is 0 Å². The molecule has 0 saturated carbocycles. The van der Waals surface area contributed by atoms with Crippen molar-refractivity contribution in [1.29, 1.82) is 0 Å². The second-order valence-corrected chi connectivity index (χ2v) is 9.94. The minimum Gasteiger partial charge on any atom is -0.348 e. The molecule has 8 heteroatoms. The molecular weight excluding hydrogens is 456 g/mol. The monoisotopic (exact) mass is 476 g/mol. The molecule has 0 amide bonds. The van der Waals surface area contributed by atoms with E-state index in [-0.39, 0.29) is 4.90 Å². The van der Waals surface area contributed by atoms with Crippen molar-refractivity contribution in [2.75, 3.05) is 20.0 Å². The molecule has 1 unspecified atom stereocenters. The lowest BCUT2D eigenvalue weighted by Crippen LogP contribution is -2.27. The van der Waals surface area contributed by atoms with Gasteiger partial charge in [-0.2, -0.15) is 5.10 Å². The summed E-state index contributed by atoms with van der Waals surface area (Å²) in [5.41, 5.74) is 3.26. The highest BCUT2D eigenvalue weighted by Gasteiger charge is 2.40. The van der Waals surface area contributed by atoms with E-state index >= 15 is 0 Å². The van der Waals surface area contributed by atoms with E-state index in [1.54, 1.807) is 31.4 Å². The Labute approximate surface area is 178 Å². The highest BCUT2D eigenvalue weighted by Crippen LogP contribution is 2.38. The number of sulfone groups is 1. The normalized spacial score (nSPS) is 19.6. The summed E-state index contributed by atoms with van der Waals surface area (Å²) in [6.07, 6.45) is 2.83. The molecule has 1 aliphatic heterocycles. The van der Waals surface area contributed by atoms with Gasteiger partial charge in [0.25, 0.3) is 0 Å². The van der Waals surface area contributed by atoms with E-state index in [2.05, 4.69) is 15.9 Å². The van der Waals surface area contributed by atoms with Crippen LogP contribution in [0.1, 0.15) is 18.5 Å². The van der Waals surface area contributed by atoms with Crippen molar-refractivity contribution in [2.24, 2.45) is 0 Å². The lowest BCUT2D eigenvalue weighted by Gasteiger charge is -2.24. The third kappa shape index (κ3) is 3.90. The first kappa shape index (κ1) is 20.3. The number of ether oxygens (including phenoxy) is 2. The molecule has 2 aromatic carbocycles. The number of methoxy groups -OCH3 is 1. The van der Waals surface area contributed by atoms with Crippen molar-refractivity contribution < 1.29 is 17.9 Å². The van der Waals surface area contributed by atoms with Crippen LogP contribution < -0.4 is 0 Å². The summed E-state index contributed by atoms with van der Waals surface area (Å²) >= 11 is 3.46. The summed E-state index contributed by atoms with van der Waals surface area (Å²) < 4.78 is 38.1. The van der Waals surface area contributed by atoms with Crippen LogP contribution >= 0.6 is 15.9 Å². The second kappa shape index (κ2) is 7.68. The first-order valence-corrected chi connectivity index (χ1v) is 11.9. The SMILES string of the molecule is COC1(c2cc(-c3ccc(S(C)(=O)=O)cc3)n(-c3ccc(Br)cc3)n2)CCCO1. The Kier molecular flexibility index (Phi) is 5.37.